The first kappa shape index (κ1) is 15.3. The first-order chi connectivity index (χ1) is 9.77. The molecule has 0 saturated carbocycles. The quantitative estimate of drug-likeness (QED) is 0.899. The van der Waals surface area contributed by atoms with Gasteiger partial charge in [0.25, 0.3) is 0 Å². The van der Waals surface area contributed by atoms with E-state index in [2.05, 4.69) is 0 Å². The van der Waals surface area contributed by atoms with E-state index in [0.717, 1.165) is 12.1 Å². The van der Waals surface area contributed by atoms with E-state index in [9.17, 15) is 24.2 Å². The van der Waals surface area contributed by atoms with Gasteiger partial charge in [-0.2, -0.15) is 0 Å². The van der Waals surface area contributed by atoms with Crippen molar-refractivity contribution in [1.82, 2.24) is 0 Å². The largest absolute Gasteiger partial charge is 0.481 e. The summed E-state index contributed by atoms with van der Waals surface area (Å²) < 4.78 is 13.1. The van der Waals surface area contributed by atoms with Crippen LogP contribution in [-0.2, 0) is 9.59 Å². The minimum absolute atomic E-state index is 0.0319. The van der Waals surface area contributed by atoms with Crippen LogP contribution in [0.1, 0.15) is 18.4 Å². The molecule has 21 heavy (non-hydrogen) atoms. The standard InChI is InChI=1S/C15H12ClFO4/c1-15(14(20)21)7-6-10(16)11(13(18)19)12(15)8-2-4-9(17)5-3-8/h2-7,12H,1H3,(H,18,19)(H,20,21). The first-order valence-electron chi connectivity index (χ1n) is 6.08. The first-order valence-corrected chi connectivity index (χ1v) is 6.46. The van der Waals surface area contributed by atoms with E-state index in [4.69, 9.17) is 11.6 Å². The molecule has 0 fully saturated rings. The number of hydrogen-bond donors (Lipinski definition) is 2. The van der Waals surface area contributed by atoms with Crippen molar-refractivity contribution >= 4 is 23.5 Å². The number of carboxylic acids is 2. The highest BCUT2D eigenvalue weighted by Crippen LogP contribution is 2.47. The third-order valence-electron chi connectivity index (χ3n) is 3.62. The molecule has 6 heteroatoms. The van der Waals surface area contributed by atoms with E-state index in [0.29, 0.717) is 5.56 Å². The van der Waals surface area contributed by atoms with Gasteiger partial charge in [-0.1, -0.05) is 29.8 Å². The van der Waals surface area contributed by atoms with Gasteiger partial charge in [-0.3, -0.25) is 4.79 Å². The maximum absolute atomic E-state index is 13.1. The Labute approximate surface area is 125 Å². The normalized spacial score (nSPS) is 25.0. The van der Waals surface area contributed by atoms with Gasteiger partial charge >= 0.3 is 11.9 Å². The summed E-state index contributed by atoms with van der Waals surface area (Å²) in [4.78, 5) is 23.1. The second-order valence-corrected chi connectivity index (χ2v) is 5.38. The van der Waals surface area contributed by atoms with Crippen LogP contribution in [0.2, 0.25) is 0 Å². The van der Waals surface area contributed by atoms with Crippen LogP contribution in [0.5, 0.6) is 0 Å². The van der Waals surface area contributed by atoms with Crippen LogP contribution in [0, 0.1) is 11.2 Å². The average molecular weight is 311 g/mol. The summed E-state index contributed by atoms with van der Waals surface area (Å²) in [6.07, 6.45) is 2.64. The van der Waals surface area contributed by atoms with Crippen molar-refractivity contribution in [1.29, 1.82) is 0 Å². The molecular weight excluding hydrogens is 299 g/mol. The number of aliphatic carboxylic acids is 2. The molecule has 1 aromatic rings. The number of benzene rings is 1. The number of carbonyl (C=O) groups is 2. The third-order valence-corrected chi connectivity index (χ3v) is 3.95. The summed E-state index contributed by atoms with van der Waals surface area (Å²) in [6.45, 7) is 1.41. The Morgan fingerprint density at radius 2 is 1.81 bits per heavy atom. The van der Waals surface area contributed by atoms with Crippen LogP contribution in [0.3, 0.4) is 0 Å². The zero-order valence-electron chi connectivity index (χ0n) is 11.0. The Morgan fingerprint density at radius 3 is 2.29 bits per heavy atom. The number of rotatable bonds is 3. The molecule has 2 atom stereocenters. The summed E-state index contributed by atoms with van der Waals surface area (Å²) in [6, 6.07) is 5.05. The summed E-state index contributed by atoms with van der Waals surface area (Å²) in [5, 5.41) is 18.8. The van der Waals surface area contributed by atoms with E-state index in [1.165, 1.54) is 31.2 Å². The molecule has 2 N–H and O–H groups in total. The Balaban J connectivity index is 2.68. The van der Waals surface area contributed by atoms with Crippen molar-refractivity contribution in [2.45, 2.75) is 12.8 Å². The van der Waals surface area contributed by atoms with Gasteiger partial charge < -0.3 is 10.2 Å². The summed E-state index contributed by atoms with van der Waals surface area (Å²) >= 11 is 5.93. The van der Waals surface area contributed by atoms with E-state index < -0.39 is 29.1 Å². The number of halogens is 2. The molecule has 1 aliphatic carbocycles. The van der Waals surface area contributed by atoms with Crippen LogP contribution in [0.15, 0.2) is 47.0 Å². The maximum atomic E-state index is 13.1. The van der Waals surface area contributed by atoms with Gasteiger partial charge in [0.05, 0.1) is 16.0 Å². The minimum atomic E-state index is -1.48. The van der Waals surface area contributed by atoms with Crippen molar-refractivity contribution in [3.63, 3.8) is 0 Å². The molecule has 0 amide bonds. The summed E-state index contributed by atoms with van der Waals surface area (Å²) in [7, 11) is 0. The molecule has 0 bridgehead atoms. The molecule has 0 spiro atoms. The molecule has 2 unspecified atom stereocenters. The lowest BCUT2D eigenvalue weighted by atomic mass is 9.67. The fourth-order valence-electron chi connectivity index (χ4n) is 2.46. The molecule has 1 aliphatic rings. The van der Waals surface area contributed by atoms with Crippen LogP contribution >= 0.6 is 11.6 Å². The molecule has 0 radical (unpaired) electrons. The highest BCUT2D eigenvalue weighted by atomic mass is 35.5. The van der Waals surface area contributed by atoms with E-state index in [1.807, 2.05) is 0 Å². The van der Waals surface area contributed by atoms with Crippen LogP contribution in [-0.4, -0.2) is 22.2 Å². The van der Waals surface area contributed by atoms with Crippen LogP contribution in [0.25, 0.3) is 0 Å². The van der Waals surface area contributed by atoms with Crippen molar-refractivity contribution in [2.75, 3.05) is 0 Å². The summed E-state index contributed by atoms with van der Waals surface area (Å²) in [5.74, 6) is -3.98. The highest BCUT2D eigenvalue weighted by molar-refractivity contribution is 6.33. The van der Waals surface area contributed by atoms with Gasteiger partial charge in [-0.25, -0.2) is 9.18 Å². The molecule has 2 rings (SSSR count). The predicted molar refractivity (Wildman–Crippen MR) is 74.5 cm³/mol. The van der Waals surface area contributed by atoms with Crippen molar-refractivity contribution < 1.29 is 24.2 Å². The Kier molecular flexibility index (Phi) is 3.87. The van der Waals surface area contributed by atoms with Crippen molar-refractivity contribution in [2.24, 2.45) is 5.41 Å². The monoisotopic (exact) mass is 310 g/mol. The smallest absolute Gasteiger partial charge is 0.333 e. The SMILES string of the molecule is CC1(C(=O)O)C=CC(Cl)=C(C(=O)O)C1c1ccc(F)cc1. The fourth-order valence-corrected chi connectivity index (χ4v) is 2.71. The molecule has 110 valence electrons. The van der Waals surface area contributed by atoms with Gasteiger partial charge in [0.15, 0.2) is 0 Å². The second-order valence-electron chi connectivity index (χ2n) is 4.97. The topological polar surface area (TPSA) is 74.6 Å². The Morgan fingerprint density at radius 1 is 1.24 bits per heavy atom. The predicted octanol–water partition coefficient (Wildman–Crippen LogP) is 3.15. The molecule has 4 nitrogen and oxygen atoms in total. The zero-order valence-corrected chi connectivity index (χ0v) is 11.8. The van der Waals surface area contributed by atoms with Gasteiger partial charge in [-0.15, -0.1) is 0 Å². The molecular formula is C15H12ClFO4. The van der Waals surface area contributed by atoms with Gasteiger partial charge in [0.1, 0.15) is 5.82 Å². The molecule has 0 saturated heterocycles. The molecule has 0 aromatic heterocycles. The maximum Gasteiger partial charge on any atom is 0.333 e. The molecule has 1 aromatic carbocycles. The highest BCUT2D eigenvalue weighted by Gasteiger charge is 2.47. The Hall–Kier alpha value is -2.14. The van der Waals surface area contributed by atoms with Crippen LogP contribution in [0.4, 0.5) is 4.39 Å². The lowest BCUT2D eigenvalue weighted by Crippen LogP contribution is -2.37. The van der Waals surface area contributed by atoms with Crippen molar-refractivity contribution in [3.05, 3.63) is 58.4 Å². The van der Waals surface area contributed by atoms with Gasteiger partial charge in [0.2, 0.25) is 0 Å². The van der Waals surface area contributed by atoms with E-state index in [1.54, 1.807) is 0 Å². The van der Waals surface area contributed by atoms with Gasteiger partial charge in [-0.05, 0) is 30.7 Å². The molecule has 0 heterocycles. The number of hydrogen-bond acceptors (Lipinski definition) is 2. The van der Waals surface area contributed by atoms with E-state index >= 15 is 0 Å². The van der Waals surface area contributed by atoms with Crippen molar-refractivity contribution in [3.8, 4) is 0 Å². The molecule has 0 aliphatic heterocycles. The number of carboxylic acid groups (broad SMARTS) is 2. The van der Waals surface area contributed by atoms with Crippen LogP contribution < -0.4 is 0 Å². The lowest BCUT2D eigenvalue weighted by molar-refractivity contribution is -0.146. The fraction of sp³-hybridized carbons (Fsp3) is 0.200. The minimum Gasteiger partial charge on any atom is -0.481 e. The third kappa shape index (κ3) is 2.56. The van der Waals surface area contributed by atoms with Gasteiger partial charge in [0, 0.05) is 5.92 Å². The Bertz CT molecular complexity index is 663. The average Bonchev–Trinajstić information content (AvgIpc) is 2.41. The number of allylic oxidation sites excluding steroid dienone is 2. The van der Waals surface area contributed by atoms with E-state index in [-0.39, 0.29) is 10.6 Å². The summed E-state index contributed by atoms with van der Waals surface area (Å²) in [5.41, 5.74) is -1.32. The lowest BCUT2D eigenvalue weighted by Gasteiger charge is -2.35. The zero-order chi connectivity index (χ0) is 15.8. The second kappa shape index (κ2) is 5.33.